The third-order valence-corrected chi connectivity index (χ3v) is 3.08. The van der Waals surface area contributed by atoms with Crippen LogP contribution in [0.1, 0.15) is 10.4 Å². The van der Waals surface area contributed by atoms with E-state index in [1.165, 1.54) is 30.2 Å². The zero-order chi connectivity index (χ0) is 12.4. The highest BCUT2D eigenvalue weighted by Crippen LogP contribution is 2.21. The molecule has 0 radical (unpaired) electrons. The molecule has 1 aliphatic heterocycles. The number of carbonyl (C=O) groups excluding carboxylic acids is 2. The van der Waals surface area contributed by atoms with E-state index in [1.54, 1.807) is 0 Å². The molecule has 1 aromatic heterocycles. The van der Waals surface area contributed by atoms with Gasteiger partial charge in [0.05, 0.1) is 29.0 Å². The number of anilines is 1. The summed E-state index contributed by atoms with van der Waals surface area (Å²) < 4.78 is 0. The molecular formula is C10H8N2O4S. The SMILES string of the molecule is O=C(O)c1cncc(N2C(=O)CSCC2=O)c1. The predicted molar refractivity (Wildman–Crippen MR) is 61.0 cm³/mol. The van der Waals surface area contributed by atoms with Gasteiger partial charge >= 0.3 is 5.97 Å². The first-order valence-corrected chi connectivity index (χ1v) is 5.87. The Morgan fingerprint density at radius 1 is 1.29 bits per heavy atom. The van der Waals surface area contributed by atoms with Gasteiger partial charge in [0.2, 0.25) is 11.8 Å². The van der Waals surface area contributed by atoms with Crippen LogP contribution in [0.2, 0.25) is 0 Å². The zero-order valence-corrected chi connectivity index (χ0v) is 9.44. The summed E-state index contributed by atoms with van der Waals surface area (Å²) in [5.41, 5.74) is 0.154. The molecule has 6 nitrogen and oxygen atoms in total. The van der Waals surface area contributed by atoms with Crippen LogP contribution in [-0.4, -0.2) is 39.4 Å². The van der Waals surface area contributed by atoms with Crippen molar-refractivity contribution in [1.29, 1.82) is 0 Å². The van der Waals surface area contributed by atoms with Gasteiger partial charge in [0, 0.05) is 6.20 Å². The Labute approximate surface area is 101 Å². The van der Waals surface area contributed by atoms with E-state index in [0.29, 0.717) is 0 Å². The van der Waals surface area contributed by atoms with E-state index < -0.39 is 5.97 Å². The quantitative estimate of drug-likeness (QED) is 0.766. The van der Waals surface area contributed by atoms with Crippen LogP contribution in [-0.2, 0) is 9.59 Å². The van der Waals surface area contributed by atoms with Crippen molar-refractivity contribution in [2.75, 3.05) is 16.4 Å². The summed E-state index contributed by atoms with van der Waals surface area (Å²) >= 11 is 1.24. The fourth-order valence-corrected chi connectivity index (χ4v) is 2.16. The summed E-state index contributed by atoms with van der Waals surface area (Å²) in [7, 11) is 0. The molecule has 0 aromatic carbocycles. The number of hydrogen-bond acceptors (Lipinski definition) is 5. The number of nitrogens with zero attached hydrogens (tertiary/aromatic N) is 2. The van der Waals surface area contributed by atoms with Gasteiger partial charge in [0.15, 0.2) is 0 Å². The number of aromatic nitrogens is 1. The molecule has 0 saturated carbocycles. The average molecular weight is 252 g/mol. The van der Waals surface area contributed by atoms with Crippen molar-refractivity contribution in [3.63, 3.8) is 0 Å². The highest BCUT2D eigenvalue weighted by Gasteiger charge is 2.28. The van der Waals surface area contributed by atoms with Gasteiger partial charge in [-0.05, 0) is 6.07 Å². The molecular weight excluding hydrogens is 244 g/mol. The largest absolute Gasteiger partial charge is 0.478 e. The molecule has 1 aliphatic rings. The van der Waals surface area contributed by atoms with E-state index in [1.807, 2.05) is 0 Å². The Morgan fingerprint density at radius 2 is 1.94 bits per heavy atom. The van der Waals surface area contributed by atoms with E-state index in [2.05, 4.69) is 4.98 Å². The van der Waals surface area contributed by atoms with Crippen LogP contribution < -0.4 is 4.90 Å². The molecule has 0 unspecified atom stereocenters. The van der Waals surface area contributed by atoms with Crippen LogP contribution in [0.3, 0.4) is 0 Å². The highest BCUT2D eigenvalue weighted by molar-refractivity contribution is 8.00. The summed E-state index contributed by atoms with van der Waals surface area (Å²) in [6.45, 7) is 0. The summed E-state index contributed by atoms with van der Waals surface area (Å²) in [4.78, 5) is 38.7. The third-order valence-electron chi connectivity index (χ3n) is 2.18. The van der Waals surface area contributed by atoms with Crippen molar-refractivity contribution in [3.05, 3.63) is 24.0 Å². The first-order chi connectivity index (χ1) is 8.09. The molecule has 0 spiro atoms. The second-order valence-electron chi connectivity index (χ2n) is 3.35. The molecule has 1 N–H and O–H groups in total. The Kier molecular flexibility index (Phi) is 3.10. The number of pyridine rings is 1. The number of aromatic carboxylic acids is 1. The number of amides is 2. The van der Waals surface area contributed by atoms with Crippen LogP contribution >= 0.6 is 11.8 Å². The van der Waals surface area contributed by atoms with Gasteiger partial charge < -0.3 is 5.11 Å². The van der Waals surface area contributed by atoms with Crippen molar-refractivity contribution in [1.82, 2.24) is 4.98 Å². The van der Waals surface area contributed by atoms with Crippen molar-refractivity contribution >= 4 is 35.2 Å². The first kappa shape index (κ1) is 11.6. The molecule has 2 heterocycles. The Hall–Kier alpha value is -1.89. The molecule has 88 valence electrons. The molecule has 1 aromatic rings. The van der Waals surface area contributed by atoms with Gasteiger partial charge in [-0.2, -0.15) is 0 Å². The second kappa shape index (κ2) is 4.54. The lowest BCUT2D eigenvalue weighted by Gasteiger charge is -2.24. The van der Waals surface area contributed by atoms with Crippen molar-refractivity contribution < 1.29 is 19.5 Å². The van der Waals surface area contributed by atoms with Gasteiger partial charge in [-0.25, -0.2) is 9.69 Å². The van der Waals surface area contributed by atoms with E-state index in [9.17, 15) is 14.4 Å². The van der Waals surface area contributed by atoms with Gasteiger partial charge in [-0.1, -0.05) is 0 Å². The van der Waals surface area contributed by atoms with Crippen LogP contribution in [0.15, 0.2) is 18.5 Å². The van der Waals surface area contributed by atoms with Crippen molar-refractivity contribution in [2.24, 2.45) is 0 Å². The average Bonchev–Trinajstić information content (AvgIpc) is 2.29. The summed E-state index contributed by atoms with van der Waals surface area (Å²) in [6, 6.07) is 1.26. The van der Waals surface area contributed by atoms with Gasteiger partial charge in [-0.15, -0.1) is 11.8 Å². The fraction of sp³-hybridized carbons (Fsp3) is 0.200. The minimum atomic E-state index is -1.15. The maximum absolute atomic E-state index is 11.6. The van der Waals surface area contributed by atoms with Crippen molar-refractivity contribution in [3.8, 4) is 0 Å². The lowest BCUT2D eigenvalue weighted by molar-refractivity contribution is -0.124. The summed E-state index contributed by atoms with van der Waals surface area (Å²) in [5.74, 6) is -1.43. The molecule has 1 fully saturated rings. The predicted octanol–water partition coefficient (Wildman–Crippen LogP) is 0.386. The number of rotatable bonds is 2. The molecule has 2 rings (SSSR count). The number of imide groups is 1. The van der Waals surface area contributed by atoms with Crippen molar-refractivity contribution in [2.45, 2.75) is 0 Å². The Bertz CT molecular complexity index is 487. The van der Waals surface area contributed by atoms with Crippen LogP contribution in [0, 0.1) is 0 Å². The normalized spacial score (nSPS) is 16.1. The maximum Gasteiger partial charge on any atom is 0.337 e. The van der Waals surface area contributed by atoms with Crippen LogP contribution in [0.5, 0.6) is 0 Å². The molecule has 2 amide bonds. The topological polar surface area (TPSA) is 87.6 Å². The number of hydrogen-bond donors (Lipinski definition) is 1. The maximum atomic E-state index is 11.6. The Balaban J connectivity index is 2.38. The standard InChI is InChI=1S/C10H8N2O4S/c13-8-4-17-5-9(14)12(8)7-1-6(10(15)16)2-11-3-7/h1-3H,4-5H2,(H,15,16). The fourth-order valence-electron chi connectivity index (χ4n) is 1.45. The summed E-state index contributed by atoms with van der Waals surface area (Å²) in [6.07, 6.45) is 2.47. The number of carboxylic acids is 1. The van der Waals surface area contributed by atoms with E-state index >= 15 is 0 Å². The second-order valence-corrected chi connectivity index (χ2v) is 4.34. The first-order valence-electron chi connectivity index (χ1n) is 4.71. The van der Waals surface area contributed by atoms with E-state index in [0.717, 1.165) is 4.90 Å². The molecule has 0 aliphatic carbocycles. The molecule has 0 atom stereocenters. The minimum Gasteiger partial charge on any atom is -0.478 e. The molecule has 17 heavy (non-hydrogen) atoms. The lowest BCUT2D eigenvalue weighted by atomic mass is 10.2. The van der Waals surface area contributed by atoms with Crippen LogP contribution in [0.4, 0.5) is 5.69 Å². The lowest BCUT2D eigenvalue weighted by Crippen LogP contribution is -2.43. The molecule has 1 saturated heterocycles. The monoisotopic (exact) mass is 252 g/mol. The van der Waals surface area contributed by atoms with Gasteiger partial charge in [0.25, 0.3) is 0 Å². The molecule has 0 bridgehead atoms. The summed E-state index contributed by atoms with van der Waals surface area (Å²) in [5, 5.41) is 8.81. The number of carboxylic acid groups (broad SMARTS) is 1. The smallest absolute Gasteiger partial charge is 0.337 e. The minimum absolute atomic E-state index is 0.0543. The van der Waals surface area contributed by atoms with Crippen LogP contribution in [0.25, 0.3) is 0 Å². The Morgan fingerprint density at radius 3 is 2.53 bits per heavy atom. The van der Waals surface area contributed by atoms with E-state index in [4.69, 9.17) is 5.11 Å². The van der Waals surface area contributed by atoms with Gasteiger partial charge in [0.1, 0.15) is 0 Å². The zero-order valence-electron chi connectivity index (χ0n) is 8.62. The third kappa shape index (κ3) is 2.28. The number of thioether (sulfide) groups is 1. The van der Waals surface area contributed by atoms with E-state index in [-0.39, 0.29) is 34.6 Å². The highest BCUT2D eigenvalue weighted by atomic mass is 32.2. The molecule has 7 heteroatoms. The number of carbonyl (C=O) groups is 3. The van der Waals surface area contributed by atoms with Gasteiger partial charge in [-0.3, -0.25) is 14.6 Å².